The van der Waals surface area contributed by atoms with Crippen molar-refractivity contribution in [3.8, 4) is 11.3 Å². The van der Waals surface area contributed by atoms with E-state index in [9.17, 15) is 0 Å². The Morgan fingerprint density at radius 2 is 1.84 bits per heavy atom. The standard InChI is InChI=1S/C16H15N3/c1-10-4-5-17-8-14(10)16-7-13-6-11(2)18-9-15(13)12(3)19-16/h4-9H,1-3H3. The molecule has 3 heterocycles. The van der Waals surface area contributed by atoms with E-state index in [2.05, 4.69) is 34.0 Å². The van der Waals surface area contributed by atoms with Gasteiger partial charge in [-0.1, -0.05) is 0 Å². The minimum Gasteiger partial charge on any atom is -0.264 e. The van der Waals surface area contributed by atoms with E-state index in [0.717, 1.165) is 28.0 Å². The molecule has 0 amide bonds. The van der Waals surface area contributed by atoms with E-state index < -0.39 is 0 Å². The fraction of sp³-hybridized carbons (Fsp3) is 0.188. The Balaban J connectivity index is 2.29. The lowest BCUT2D eigenvalue weighted by Gasteiger charge is -2.08. The molecule has 0 spiro atoms. The summed E-state index contributed by atoms with van der Waals surface area (Å²) in [6.07, 6.45) is 5.57. The molecule has 19 heavy (non-hydrogen) atoms. The molecular formula is C16H15N3. The lowest BCUT2D eigenvalue weighted by Crippen LogP contribution is -1.93. The van der Waals surface area contributed by atoms with Crippen LogP contribution in [0.15, 0.2) is 36.8 Å². The van der Waals surface area contributed by atoms with Crippen LogP contribution in [-0.2, 0) is 0 Å². The summed E-state index contributed by atoms with van der Waals surface area (Å²) < 4.78 is 0. The van der Waals surface area contributed by atoms with Gasteiger partial charge in [-0.05, 0) is 49.9 Å². The summed E-state index contributed by atoms with van der Waals surface area (Å²) in [5.74, 6) is 0. The molecule has 0 aliphatic carbocycles. The first-order chi connectivity index (χ1) is 9.15. The summed E-state index contributed by atoms with van der Waals surface area (Å²) in [6.45, 7) is 6.11. The Labute approximate surface area is 112 Å². The van der Waals surface area contributed by atoms with Gasteiger partial charge < -0.3 is 0 Å². The van der Waals surface area contributed by atoms with Crippen LogP contribution in [0.5, 0.6) is 0 Å². The molecule has 3 nitrogen and oxygen atoms in total. The van der Waals surface area contributed by atoms with Crippen LogP contribution in [0.1, 0.15) is 17.0 Å². The summed E-state index contributed by atoms with van der Waals surface area (Å²) in [5, 5.41) is 2.29. The first-order valence-corrected chi connectivity index (χ1v) is 6.30. The molecule has 0 aromatic carbocycles. The fourth-order valence-electron chi connectivity index (χ4n) is 2.29. The SMILES string of the molecule is Cc1cc2cc(-c3cnccc3C)nc(C)c2cn1. The fourth-order valence-corrected chi connectivity index (χ4v) is 2.29. The third-order valence-corrected chi connectivity index (χ3v) is 3.36. The van der Waals surface area contributed by atoms with Crippen LogP contribution >= 0.6 is 0 Å². The average Bonchev–Trinajstić information content (AvgIpc) is 2.38. The highest BCUT2D eigenvalue weighted by Crippen LogP contribution is 2.26. The Morgan fingerprint density at radius 3 is 2.63 bits per heavy atom. The normalized spacial score (nSPS) is 10.9. The predicted molar refractivity (Wildman–Crippen MR) is 77.0 cm³/mol. The van der Waals surface area contributed by atoms with E-state index in [1.54, 1.807) is 6.20 Å². The van der Waals surface area contributed by atoms with E-state index in [1.165, 1.54) is 10.9 Å². The van der Waals surface area contributed by atoms with Crippen molar-refractivity contribution in [2.24, 2.45) is 0 Å². The van der Waals surface area contributed by atoms with Crippen molar-refractivity contribution in [2.75, 3.05) is 0 Å². The van der Waals surface area contributed by atoms with E-state index in [1.807, 2.05) is 32.3 Å². The van der Waals surface area contributed by atoms with Crippen molar-refractivity contribution < 1.29 is 0 Å². The number of hydrogen-bond acceptors (Lipinski definition) is 3. The summed E-state index contributed by atoms with van der Waals surface area (Å²) in [7, 11) is 0. The lowest BCUT2D eigenvalue weighted by atomic mass is 10.0. The van der Waals surface area contributed by atoms with E-state index >= 15 is 0 Å². The highest BCUT2D eigenvalue weighted by Gasteiger charge is 2.07. The van der Waals surface area contributed by atoms with Crippen LogP contribution in [0.2, 0.25) is 0 Å². The van der Waals surface area contributed by atoms with Crippen LogP contribution < -0.4 is 0 Å². The van der Waals surface area contributed by atoms with Crippen molar-refractivity contribution in [1.82, 2.24) is 15.0 Å². The van der Waals surface area contributed by atoms with Crippen LogP contribution in [-0.4, -0.2) is 15.0 Å². The number of pyridine rings is 3. The average molecular weight is 249 g/mol. The van der Waals surface area contributed by atoms with E-state index in [0.29, 0.717) is 0 Å². The summed E-state index contributed by atoms with van der Waals surface area (Å²) in [6, 6.07) is 6.22. The quantitative estimate of drug-likeness (QED) is 0.661. The Kier molecular flexibility index (Phi) is 2.75. The van der Waals surface area contributed by atoms with Crippen molar-refractivity contribution in [3.63, 3.8) is 0 Å². The van der Waals surface area contributed by atoms with Crippen molar-refractivity contribution in [1.29, 1.82) is 0 Å². The molecule has 0 saturated heterocycles. The van der Waals surface area contributed by atoms with Gasteiger partial charge in [0.25, 0.3) is 0 Å². The first kappa shape index (κ1) is 11.8. The van der Waals surface area contributed by atoms with Crippen molar-refractivity contribution >= 4 is 10.8 Å². The van der Waals surface area contributed by atoms with Crippen LogP contribution in [0.25, 0.3) is 22.0 Å². The maximum atomic E-state index is 4.68. The summed E-state index contributed by atoms with van der Waals surface area (Å²) >= 11 is 0. The molecule has 0 atom stereocenters. The van der Waals surface area contributed by atoms with Crippen LogP contribution in [0, 0.1) is 20.8 Å². The van der Waals surface area contributed by atoms with Gasteiger partial charge in [0.2, 0.25) is 0 Å². The molecule has 0 aliphatic heterocycles. The van der Waals surface area contributed by atoms with E-state index in [4.69, 9.17) is 0 Å². The monoisotopic (exact) mass is 249 g/mol. The molecule has 3 rings (SSSR count). The molecule has 3 aromatic rings. The number of hydrogen-bond donors (Lipinski definition) is 0. The highest BCUT2D eigenvalue weighted by molar-refractivity contribution is 5.87. The van der Waals surface area contributed by atoms with Gasteiger partial charge in [-0.2, -0.15) is 0 Å². The Hall–Kier alpha value is -2.29. The maximum absolute atomic E-state index is 4.68. The minimum atomic E-state index is 0.973. The van der Waals surface area contributed by atoms with Gasteiger partial charge in [-0.15, -0.1) is 0 Å². The van der Waals surface area contributed by atoms with Gasteiger partial charge in [0.05, 0.1) is 5.69 Å². The van der Waals surface area contributed by atoms with Crippen molar-refractivity contribution in [3.05, 3.63) is 53.7 Å². The second-order valence-electron chi connectivity index (χ2n) is 4.83. The first-order valence-electron chi connectivity index (χ1n) is 6.30. The minimum absolute atomic E-state index is 0.973. The van der Waals surface area contributed by atoms with Gasteiger partial charge in [-0.25, -0.2) is 0 Å². The summed E-state index contributed by atoms with van der Waals surface area (Å²) in [4.78, 5) is 13.2. The maximum Gasteiger partial charge on any atom is 0.0729 e. The molecule has 3 heteroatoms. The second kappa shape index (κ2) is 4.43. The van der Waals surface area contributed by atoms with Gasteiger partial charge in [0, 0.05) is 40.9 Å². The third kappa shape index (κ3) is 2.08. The number of rotatable bonds is 1. The second-order valence-corrected chi connectivity index (χ2v) is 4.83. The predicted octanol–water partition coefficient (Wildman–Crippen LogP) is 3.62. The van der Waals surface area contributed by atoms with E-state index in [-0.39, 0.29) is 0 Å². The number of fused-ring (bicyclic) bond motifs is 1. The van der Waals surface area contributed by atoms with Gasteiger partial charge in [0.15, 0.2) is 0 Å². The molecule has 0 radical (unpaired) electrons. The third-order valence-electron chi connectivity index (χ3n) is 3.36. The van der Waals surface area contributed by atoms with Crippen molar-refractivity contribution in [2.45, 2.75) is 20.8 Å². The number of aryl methyl sites for hydroxylation is 3. The van der Waals surface area contributed by atoms with Crippen LogP contribution in [0.4, 0.5) is 0 Å². The molecular weight excluding hydrogens is 234 g/mol. The number of nitrogens with zero attached hydrogens (tertiary/aromatic N) is 3. The topological polar surface area (TPSA) is 38.7 Å². The zero-order valence-corrected chi connectivity index (χ0v) is 11.3. The lowest BCUT2D eigenvalue weighted by molar-refractivity contribution is 1.18. The zero-order chi connectivity index (χ0) is 13.4. The molecule has 3 aromatic heterocycles. The van der Waals surface area contributed by atoms with Gasteiger partial charge >= 0.3 is 0 Å². The number of aromatic nitrogens is 3. The molecule has 0 unspecified atom stereocenters. The summed E-state index contributed by atoms with van der Waals surface area (Å²) in [5.41, 5.74) is 5.27. The van der Waals surface area contributed by atoms with Gasteiger partial charge in [0.1, 0.15) is 0 Å². The molecule has 0 N–H and O–H groups in total. The smallest absolute Gasteiger partial charge is 0.0729 e. The zero-order valence-electron chi connectivity index (χ0n) is 11.3. The largest absolute Gasteiger partial charge is 0.264 e. The molecule has 0 saturated carbocycles. The molecule has 94 valence electrons. The molecule has 0 fully saturated rings. The highest BCUT2D eigenvalue weighted by atomic mass is 14.7. The Bertz CT molecular complexity index is 763. The Morgan fingerprint density at radius 1 is 1.00 bits per heavy atom. The van der Waals surface area contributed by atoms with Gasteiger partial charge in [-0.3, -0.25) is 15.0 Å². The molecule has 0 bridgehead atoms. The van der Waals surface area contributed by atoms with Crippen LogP contribution in [0.3, 0.4) is 0 Å². The molecule has 0 aliphatic rings.